The predicted octanol–water partition coefficient (Wildman–Crippen LogP) is 5.36. The highest BCUT2D eigenvalue weighted by Gasteiger charge is 2.17. The maximum atomic E-state index is 12.8. The average Bonchev–Trinajstić information content (AvgIpc) is 2.68. The van der Waals surface area contributed by atoms with Crippen LogP contribution in [0.3, 0.4) is 0 Å². The van der Waals surface area contributed by atoms with E-state index in [0.29, 0.717) is 10.7 Å². The van der Waals surface area contributed by atoms with Gasteiger partial charge >= 0.3 is 0 Å². The number of sulfonamides is 1. The minimum atomic E-state index is -3.74. The van der Waals surface area contributed by atoms with E-state index in [-0.39, 0.29) is 4.90 Å². The number of para-hydroxylation sites is 1. The van der Waals surface area contributed by atoms with Gasteiger partial charge in [0.15, 0.2) is 0 Å². The lowest BCUT2D eigenvalue weighted by Crippen LogP contribution is -2.13. The van der Waals surface area contributed by atoms with Crippen LogP contribution in [0.15, 0.2) is 90.1 Å². The number of nitrogens with one attached hydrogen (secondary N) is 1. The van der Waals surface area contributed by atoms with Gasteiger partial charge < -0.3 is 0 Å². The molecule has 0 radical (unpaired) electrons. The van der Waals surface area contributed by atoms with Gasteiger partial charge in [0.1, 0.15) is 0 Å². The maximum absolute atomic E-state index is 12.8. The van der Waals surface area contributed by atoms with E-state index in [2.05, 4.69) is 9.71 Å². The van der Waals surface area contributed by atoms with Crippen LogP contribution in [0.1, 0.15) is 0 Å². The predicted molar refractivity (Wildman–Crippen MR) is 109 cm³/mol. The Balaban J connectivity index is 1.81. The summed E-state index contributed by atoms with van der Waals surface area (Å²) in [5, 5.41) is 2.48. The van der Waals surface area contributed by atoms with Crippen molar-refractivity contribution in [1.29, 1.82) is 0 Å². The molecule has 0 aliphatic heterocycles. The van der Waals surface area contributed by atoms with Crippen molar-refractivity contribution in [2.24, 2.45) is 0 Å². The number of hydrogen-bond donors (Lipinski definition) is 1. The van der Waals surface area contributed by atoms with E-state index >= 15 is 0 Å². The van der Waals surface area contributed by atoms with Crippen molar-refractivity contribution in [3.8, 4) is 11.1 Å². The Hall–Kier alpha value is -2.89. The molecule has 0 atom stereocenters. The number of nitrogens with zero attached hydrogens (tertiary/aromatic N) is 1. The molecule has 1 aromatic heterocycles. The Labute approximate surface area is 162 Å². The van der Waals surface area contributed by atoms with Gasteiger partial charge in [-0.2, -0.15) is 0 Å². The lowest BCUT2D eigenvalue weighted by atomic mass is 10.00. The van der Waals surface area contributed by atoms with Crippen molar-refractivity contribution in [2.75, 3.05) is 4.72 Å². The molecule has 0 unspecified atom stereocenters. The van der Waals surface area contributed by atoms with Crippen molar-refractivity contribution in [3.05, 3.63) is 90.2 Å². The third kappa shape index (κ3) is 3.52. The molecule has 3 aromatic carbocycles. The average molecular weight is 395 g/mol. The number of fused-ring (bicyclic) bond motifs is 1. The molecule has 0 saturated carbocycles. The van der Waals surface area contributed by atoms with Crippen molar-refractivity contribution in [2.45, 2.75) is 4.90 Å². The highest BCUT2D eigenvalue weighted by Crippen LogP contribution is 2.34. The van der Waals surface area contributed by atoms with Crippen LogP contribution in [0.25, 0.3) is 21.9 Å². The van der Waals surface area contributed by atoms with Gasteiger partial charge in [-0.25, -0.2) is 8.42 Å². The first kappa shape index (κ1) is 17.5. The van der Waals surface area contributed by atoms with Crippen molar-refractivity contribution >= 4 is 38.1 Å². The zero-order chi connectivity index (χ0) is 18.9. The first-order chi connectivity index (χ1) is 13.0. The summed E-state index contributed by atoms with van der Waals surface area (Å²) in [5.74, 6) is 0. The van der Waals surface area contributed by atoms with Crippen LogP contribution in [0.5, 0.6) is 0 Å². The minimum Gasteiger partial charge on any atom is -0.279 e. The van der Waals surface area contributed by atoms with Gasteiger partial charge in [-0.05, 0) is 35.7 Å². The van der Waals surface area contributed by atoms with E-state index in [1.165, 1.54) is 12.1 Å². The molecule has 0 aliphatic carbocycles. The second kappa shape index (κ2) is 7.02. The summed E-state index contributed by atoms with van der Waals surface area (Å²) in [4.78, 5) is 4.45. The monoisotopic (exact) mass is 394 g/mol. The third-order valence-corrected chi connectivity index (χ3v) is 5.89. The smallest absolute Gasteiger partial charge is 0.261 e. The van der Waals surface area contributed by atoms with Gasteiger partial charge in [0.25, 0.3) is 10.0 Å². The molecular formula is C21H15ClN2O2S. The van der Waals surface area contributed by atoms with Crippen LogP contribution >= 0.6 is 11.6 Å². The molecule has 134 valence electrons. The van der Waals surface area contributed by atoms with Crippen LogP contribution < -0.4 is 4.72 Å². The highest BCUT2D eigenvalue weighted by molar-refractivity contribution is 7.92. The van der Waals surface area contributed by atoms with Crippen LogP contribution in [-0.2, 0) is 10.0 Å². The molecule has 0 saturated heterocycles. The minimum absolute atomic E-state index is 0.151. The molecule has 0 amide bonds. The SMILES string of the molecule is O=S(=O)(Nc1ccccc1-c1cncc2ccccc12)c1ccc(Cl)cc1. The first-order valence-electron chi connectivity index (χ1n) is 8.25. The maximum Gasteiger partial charge on any atom is 0.261 e. The Morgan fingerprint density at radius 1 is 0.778 bits per heavy atom. The normalized spacial score (nSPS) is 11.4. The second-order valence-electron chi connectivity index (χ2n) is 6.01. The molecule has 4 rings (SSSR count). The quantitative estimate of drug-likeness (QED) is 0.507. The van der Waals surface area contributed by atoms with Gasteiger partial charge in [-0.15, -0.1) is 0 Å². The number of rotatable bonds is 4. The van der Waals surface area contributed by atoms with E-state index in [4.69, 9.17) is 11.6 Å². The lowest BCUT2D eigenvalue weighted by molar-refractivity contribution is 0.601. The molecule has 1 N–H and O–H groups in total. The summed E-state index contributed by atoms with van der Waals surface area (Å²) in [5.41, 5.74) is 2.12. The van der Waals surface area contributed by atoms with Gasteiger partial charge in [0.05, 0.1) is 10.6 Å². The summed E-state index contributed by atoms with van der Waals surface area (Å²) < 4.78 is 28.3. The molecule has 6 heteroatoms. The third-order valence-electron chi connectivity index (χ3n) is 4.25. The van der Waals surface area contributed by atoms with Gasteiger partial charge in [-0.1, -0.05) is 54.1 Å². The lowest BCUT2D eigenvalue weighted by Gasteiger charge is -2.14. The molecule has 1 heterocycles. The first-order valence-corrected chi connectivity index (χ1v) is 10.1. The Bertz CT molecular complexity index is 1220. The molecule has 0 spiro atoms. The summed E-state index contributed by atoms with van der Waals surface area (Å²) >= 11 is 5.86. The second-order valence-corrected chi connectivity index (χ2v) is 8.13. The van der Waals surface area contributed by atoms with Crippen LogP contribution in [-0.4, -0.2) is 13.4 Å². The summed E-state index contributed by atoms with van der Waals surface area (Å²) in [6.07, 6.45) is 3.54. The van der Waals surface area contributed by atoms with E-state index in [9.17, 15) is 8.42 Å². The zero-order valence-corrected chi connectivity index (χ0v) is 15.7. The molecular weight excluding hydrogens is 380 g/mol. The molecule has 0 fully saturated rings. The molecule has 4 aromatic rings. The Kier molecular flexibility index (Phi) is 4.56. The number of pyridine rings is 1. The van der Waals surface area contributed by atoms with Crippen LogP contribution in [0.4, 0.5) is 5.69 Å². The summed E-state index contributed by atoms with van der Waals surface area (Å²) in [6.45, 7) is 0. The topological polar surface area (TPSA) is 59.1 Å². The highest BCUT2D eigenvalue weighted by atomic mass is 35.5. The van der Waals surface area contributed by atoms with Crippen molar-refractivity contribution in [1.82, 2.24) is 4.98 Å². The van der Waals surface area contributed by atoms with Gasteiger partial charge in [0.2, 0.25) is 0 Å². The van der Waals surface area contributed by atoms with E-state index in [0.717, 1.165) is 21.9 Å². The standard InChI is InChI=1S/C21H15ClN2O2S/c22-16-9-11-17(12-10-16)27(25,26)24-21-8-4-3-7-19(21)20-14-23-13-15-5-1-2-6-18(15)20/h1-14,24H. The van der Waals surface area contributed by atoms with Gasteiger partial charge in [0, 0.05) is 33.9 Å². The zero-order valence-electron chi connectivity index (χ0n) is 14.1. The fourth-order valence-corrected chi connectivity index (χ4v) is 4.16. The molecule has 0 aliphatic rings. The summed E-state index contributed by atoms with van der Waals surface area (Å²) in [7, 11) is -3.74. The largest absolute Gasteiger partial charge is 0.279 e. The van der Waals surface area contributed by atoms with Crippen molar-refractivity contribution < 1.29 is 8.42 Å². The fraction of sp³-hybridized carbons (Fsp3) is 0. The van der Waals surface area contributed by atoms with Gasteiger partial charge in [-0.3, -0.25) is 9.71 Å². The Morgan fingerprint density at radius 2 is 1.48 bits per heavy atom. The van der Waals surface area contributed by atoms with E-state index in [1.54, 1.807) is 36.7 Å². The fourth-order valence-electron chi connectivity index (χ4n) is 2.96. The number of benzene rings is 3. The molecule has 4 nitrogen and oxygen atoms in total. The van der Waals surface area contributed by atoms with Crippen molar-refractivity contribution in [3.63, 3.8) is 0 Å². The number of aromatic nitrogens is 1. The molecule has 0 bridgehead atoms. The number of anilines is 1. The van der Waals surface area contributed by atoms with Crippen LogP contribution in [0.2, 0.25) is 5.02 Å². The number of halogens is 1. The van der Waals surface area contributed by atoms with E-state index < -0.39 is 10.0 Å². The summed E-state index contributed by atoms with van der Waals surface area (Å²) in [6, 6.07) is 21.2. The van der Waals surface area contributed by atoms with E-state index in [1.807, 2.05) is 36.4 Å². The molecule has 27 heavy (non-hydrogen) atoms. The van der Waals surface area contributed by atoms with Crippen LogP contribution in [0, 0.1) is 0 Å². The Morgan fingerprint density at radius 3 is 2.30 bits per heavy atom. The number of hydrogen-bond acceptors (Lipinski definition) is 3.